The van der Waals surface area contributed by atoms with Crippen LogP contribution in [0.2, 0.25) is 0 Å². The highest BCUT2D eigenvalue weighted by Crippen LogP contribution is 2.19. The molecule has 2 rings (SSSR count). The second-order valence-corrected chi connectivity index (χ2v) is 6.29. The molecule has 0 aromatic carbocycles. The number of hydrogen-bond acceptors (Lipinski definition) is 5. The lowest BCUT2D eigenvalue weighted by molar-refractivity contribution is 0.272. The lowest BCUT2D eigenvalue weighted by Crippen LogP contribution is -2.43. The summed E-state index contributed by atoms with van der Waals surface area (Å²) in [5.41, 5.74) is 0. The minimum atomic E-state index is -3.51. The van der Waals surface area contributed by atoms with Crippen LogP contribution in [-0.2, 0) is 10.2 Å². The van der Waals surface area contributed by atoms with Gasteiger partial charge in [-0.2, -0.15) is 17.8 Å². The van der Waals surface area contributed by atoms with E-state index in [1.807, 2.05) is 7.05 Å². The molecule has 0 unspecified atom stereocenters. The molecule has 1 fully saturated rings. The van der Waals surface area contributed by atoms with Gasteiger partial charge in [0.05, 0.1) is 0 Å². The van der Waals surface area contributed by atoms with Gasteiger partial charge < -0.3 is 5.32 Å². The third kappa shape index (κ3) is 3.85. The van der Waals surface area contributed by atoms with Gasteiger partial charge >= 0.3 is 10.2 Å². The molecule has 1 saturated heterocycles. The number of rotatable bonds is 5. The van der Waals surface area contributed by atoms with Gasteiger partial charge in [0.2, 0.25) is 0 Å². The molecule has 1 aromatic heterocycles. The largest absolute Gasteiger partial charge is 0.319 e. The average molecular weight is 285 g/mol. The summed E-state index contributed by atoms with van der Waals surface area (Å²) in [4.78, 5) is 0. The average Bonchev–Trinajstić information content (AvgIpc) is 2.40. The molecule has 8 heteroatoms. The van der Waals surface area contributed by atoms with Crippen molar-refractivity contribution in [3.63, 3.8) is 0 Å². The van der Waals surface area contributed by atoms with Gasteiger partial charge in [-0.25, -0.2) is 0 Å². The van der Waals surface area contributed by atoms with Gasteiger partial charge in [0.1, 0.15) is 0 Å². The molecule has 0 radical (unpaired) electrons. The topological polar surface area (TPSA) is 87.2 Å². The third-order valence-electron chi connectivity index (χ3n) is 3.21. The van der Waals surface area contributed by atoms with Crippen LogP contribution in [0.15, 0.2) is 18.3 Å². The predicted octanol–water partition coefficient (Wildman–Crippen LogP) is 0.0647. The van der Waals surface area contributed by atoms with E-state index in [2.05, 4.69) is 20.2 Å². The van der Waals surface area contributed by atoms with Crippen LogP contribution < -0.4 is 10.0 Å². The molecule has 19 heavy (non-hydrogen) atoms. The monoisotopic (exact) mass is 285 g/mol. The Morgan fingerprint density at radius 3 is 2.74 bits per heavy atom. The fourth-order valence-electron chi connectivity index (χ4n) is 2.20. The van der Waals surface area contributed by atoms with E-state index in [9.17, 15) is 8.42 Å². The van der Waals surface area contributed by atoms with Crippen molar-refractivity contribution in [1.82, 2.24) is 19.8 Å². The summed E-state index contributed by atoms with van der Waals surface area (Å²) in [6, 6.07) is 3.22. The first kappa shape index (κ1) is 14.2. The SMILES string of the molecule is CNCC1CCN(S(=O)(=O)Nc2cccnn2)CC1. The Bertz CT molecular complexity index is 485. The van der Waals surface area contributed by atoms with E-state index in [1.165, 1.54) is 10.5 Å². The van der Waals surface area contributed by atoms with Crippen molar-refractivity contribution in [3.8, 4) is 0 Å². The van der Waals surface area contributed by atoms with E-state index in [0.717, 1.165) is 19.4 Å². The van der Waals surface area contributed by atoms with Crippen LogP contribution in [0.3, 0.4) is 0 Å². The number of nitrogens with one attached hydrogen (secondary N) is 2. The Hall–Kier alpha value is -1.25. The van der Waals surface area contributed by atoms with Crippen LogP contribution in [0.4, 0.5) is 5.82 Å². The van der Waals surface area contributed by atoms with E-state index < -0.39 is 10.2 Å². The second-order valence-electron chi connectivity index (χ2n) is 4.62. The van der Waals surface area contributed by atoms with E-state index >= 15 is 0 Å². The van der Waals surface area contributed by atoms with Crippen LogP contribution in [0, 0.1) is 5.92 Å². The molecule has 0 aliphatic carbocycles. The highest BCUT2D eigenvalue weighted by atomic mass is 32.2. The Labute approximate surface area is 113 Å². The van der Waals surface area contributed by atoms with E-state index in [0.29, 0.717) is 19.0 Å². The zero-order chi connectivity index (χ0) is 13.7. The summed E-state index contributed by atoms with van der Waals surface area (Å²) in [7, 11) is -1.60. The summed E-state index contributed by atoms with van der Waals surface area (Å²) in [6.45, 7) is 2.02. The highest BCUT2D eigenvalue weighted by molar-refractivity contribution is 7.90. The number of piperidine rings is 1. The molecule has 1 aliphatic rings. The summed E-state index contributed by atoms with van der Waals surface area (Å²) >= 11 is 0. The van der Waals surface area contributed by atoms with Crippen LogP contribution in [0.25, 0.3) is 0 Å². The van der Waals surface area contributed by atoms with Crippen LogP contribution >= 0.6 is 0 Å². The maximum Gasteiger partial charge on any atom is 0.302 e. The molecule has 0 atom stereocenters. The first-order chi connectivity index (χ1) is 9.12. The first-order valence-electron chi connectivity index (χ1n) is 6.32. The smallest absolute Gasteiger partial charge is 0.302 e. The van der Waals surface area contributed by atoms with Crippen molar-refractivity contribution >= 4 is 16.0 Å². The third-order valence-corrected chi connectivity index (χ3v) is 4.72. The van der Waals surface area contributed by atoms with Gasteiger partial charge in [-0.3, -0.25) is 4.72 Å². The lowest BCUT2D eigenvalue weighted by Gasteiger charge is -2.30. The Morgan fingerprint density at radius 1 is 1.42 bits per heavy atom. The molecule has 1 aliphatic heterocycles. The van der Waals surface area contributed by atoms with Gasteiger partial charge in [-0.05, 0) is 44.5 Å². The fourth-order valence-corrected chi connectivity index (χ4v) is 3.39. The molecular weight excluding hydrogens is 266 g/mol. The predicted molar refractivity (Wildman–Crippen MR) is 72.8 cm³/mol. The number of anilines is 1. The quantitative estimate of drug-likeness (QED) is 0.799. The number of aromatic nitrogens is 2. The van der Waals surface area contributed by atoms with Crippen LogP contribution in [-0.4, -0.2) is 49.6 Å². The molecule has 0 amide bonds. The highest BCUT2D eigenvalue weighted by Gasteiger charge is 2.27. The molecule has 0 bridgehead atoms. The van der Waals surface area contributed by atoms with Gasteiger partial charge in [0, 0.05) is 19.3 Å². The van der Waals surface area contributed by atoms with Gasteiger partial charge in [0.25, 0.3) is 0 Å². The van der Waals surface area contributed by atoms with Crippen LogP contribution in [0.5, 0.6) is 0 Å². The Morgan fingerprint density at radius 2 is 2.16 bits per heavy atom. The maximum absolute atomic E-state index is 12.2. The molecule has 106 valence electrons. The number of hydrogen-bond donors (Lipinski definition) is 2. The summed E-state index contributed by atoms with van der Waals surface area (Å²) < 4.78 is 28.2. The van der Waals surface area contributed by atoms with Crippen molar-refractivity contribution in [2.24, 2.45) is 5.92 Å². The van der Waals surface area contributed by atoms with Crippen molar-refractivity contribution in [2.45, 2.75) is 12.8 Å². The van der Waals surface area contributed by atoms with E-state index in [-0.39, 0.29) is 5.82 Å². The van der Waals surface area contributed by atoms with Crippen molar-refractivity contribution in [3.05, 3.63) is 18.3 Å². The normalized spacial score (nSPS) is 18.4. The maximum atomic E-state index is 12.2. The summed E-state index contributed by atoms with van der Waals surface area (Å²) in [5, 5.41) is 10.5. The fraction of sp³-hybridized carbons (Fsp3) is 0.636. The minimum Gasteiger partial charge on any atom is -0.319 e. The summed E-state index contributed by atoms with van der Waals surface area (Å²) in [6.07, 6.45) is 3.26. The van der Waals surface area contributed by atoms with Gasteiger partial charge in [0.15, 0.2) is 5.82 Å². The lowest BCUT2D eigenvalue weighted by atomic mass is 9.98. The molecular formula is C11H19N5O2S. The zero-order valence-electron chi connectivity index (χ0n) is 10.9. The molecule has 2 N–H and O–H groups in total. The molecule has 7 nitrogen and oxygen atoms in total. The zero-order valence-corrected chi connectivity index (χ0v) is 11.7. The molecule has 0 saturated carbocycles. The number of nitrogens with zero attached hydrogens (tertiary/aromatic N) is 3. The van der Waals surface area contributed by atoms with Gasteiger partial charge in [-0.15, -0.1) is 5.10 Å². The van der Waals surface area contributed by atoms with Crippen molar-refractivity contribution < 1.29 is 8.42 Å². The Balaban J connectivity index is 1.94. The van der Waals surface area contributed by atoms with Crippen molar-refractivity contribution in [1.29, 1.82) is 0 Å². The van der Waals surface area contributed by atoms with Crippen LogP contribution in [0.1, 0.15) is 12.8 Å². The van der Waals surface area contributed by atoms with E-state index in [4.69, 9.17) is 0 Å². The minimum absolute atomic E-state index is 0.250. The summed E-state index contributed by atoms with van der Waals surface area (Å²) in [5.74, 6) is 0.799. The molecule has 0 spiro atoms. The standard InChI is InChI=1S/C11H19N5O2S/c1-12-9-10-4-7-16(8-5-10)19(17,18)15-11-3-2-6-13-14-11/h2-3,6,10,12H,4-5,7-9H2,1H3,(H,14,15). The van der Waals surface area contributed by atoms with E-state index in [1.54, 1.807) is 12.1 Å². The Kier molecular flexibility index (Phi) is 4.67. The first-order valence-corrected chi connectivity index (χ1v) is 7.76. The van der Waals surface area contributed by atoms with Crippen molar-refractivity contribution in [2.75, 3.05) is 31.4 Å². The molecule has 2 heterocycles. The molecule has 1 aromatic rings. The second kappa shape index (κ2) is 6.27. The van der Waals surface area contributed by atoms with Gasteiger partial charge in [-0.1, -0.05) is 0 Å².